The molecule has 0 amide bonds. The zero-order chi connectivity index (χ0) is 24.5. The van der Waals surface area contributed by atoms with Gasteiger partial charge in [-0.25, -0.2) is 0 Å². The van der Waals surface area contributed by atoms with Crippen LogP contribution in [0.3, 0.4) is 0 Å². The Kier molecular flexibility index (Phi) is 10.1. The van der Waals surface area contributed by atoms with E-state index in [2.05, 4.69) is 33.8 Å². The maximum atomic E-state index is 11.6. The molecule has 0 radical (unpaired) electrons. The van der Waals surface area contributed by atoms with Gasteiger partial charge in [0.05, 0.1) is 12.6 Å². The molecule has 2 atom stereocenters. The maximum absolute atomic E-state index is 11.6. The number of ether oxygens (including phenoxy) is 1. The number of aliphatic carboxylic acids is 1. The molecule has 192 valence electrons. The van der Waals surface area contributed by atoms with Crippen molar-refractivity contribution >= 4 is 28.6 Å². The van der Waals surface area contributed by atoms with Crippen LogP contribution in [0, 0.1) is 11.8 Å². The smallest absolute Gasteiger partial charge is 0.303 e. The predicted molar refractivity (Wildman–Crippen MR) is 145 cm³/mol. The number of hydrogen-bond acceptors (Lipinski definition) is 5. The van der Waals surface area contributed by atoms with Crippen molar-refractivity contribution < 1.29 is 14.6 Å². The second-order valence-electron chi connectivity index (χ2n) is 10.4. The summed E-state index contributed by atoms with van der Waals surface area (Å²) in [6.07, 6.45) is 14.8. The Morgan fingerprint density at radius 2 is 1.97 bits per heavy atom. The zero-order valence-corrected chi connectivity index (χ0v) is 22.1. The fourth-order valence-corrected chi connectivity index (χ4v) is 7.40. The Hall–Kier alpha value is -1.79. The first-order valence-corrected chi connectivity index (χ1v) is 14.6. The molecule has 1 N–H and O–H groups in total. The van der Waals surface area contributed by atoms with Gasteiger partial charge in [0.15, 0.2) is 0 Å². The molecule has 2 fully saturated rings. The van der Waals surface area contributed by atoms with Crippen molar-refractivity contribution in [2.24, 2.45) is 11.8 Å². The van der Waals surface area contributed by atoms with Crippen molar-refractivity contribution in [1.29, 1.82) is 0 Å². The predicted octanol–water partition coefficient (Wildman–Crippen LogP) is 6.43. The number of nitrogens with zero attached hydrogens (tertiary/aromatic N) is 2. The number of pyridine rings is 1. The van der Waals surface area contributed by atoms with Gasteiger partial charge in [0.25, 0.3) is 0 Å². The Bertz CT molecular complexity index is 945. The molecule has 1 aliphatic heterocycles. The highest BCUT2D eigenvalue weighted by Crippen LogP contribution is 2.33. The number of carboxylic acids is 1. The highest BCUT2D eigenvalue weighted by molar-refractivity contribution is 7.99. The van der Waals surface area contributed by atoms with Crippen LogP contribution in [0.4, 0.5) is 0 Å². The van der Waals surface area contributed by atoms with E-state index in [1.54, 1.807) is 7.11 Å². The Morgan fingerprint density at radius 3 is 2.74 bits per heavy atom. The molecule has 1 aliphatic carbocycles. The normalized spacial score (nSPS) is 22.2. The van der Waals surface area contributed by atoms with Crippen LogP contribution in [0.2, 0.25) is 0 Å². The molecule has 2 aromatic rings. The van der Waals surface area contributed by atoms with Crippen LogP contribution in [0.5, 0.6) is 5.75 Å². The van der Waals surface area contributed by atoms with E-state index in [1.807, 2.05) is 18.3 Å². The number of aromatic nitrogens is 1. The number of thioether (sulfide) groups is 1. The average Bonchev–Trinajstić information content (AvgIpc) is 3.13. The Balaban J connectivity index is 1.27. The molecule has 1 aromatic carbocycles. The number of rotatable bonds is 11. The van der Waals surface area contributed by atoms with Crippen LogP contribution >= 0.6 is 11.8 Å². The molecule has 2 unspecified atom stereocenters. The van der Waals surface area contributed by atoms with Gasteiger partial charge in [-0.1, -0.05) is 25.7 Å². The number of fused-ring (bicyclic) bond motifs is 1. The van der Waals surface area contributed by atoms with Crippen molar-refractivity contribution in [3.05, 3.63) is 36.0 Å². The monoisotopic (exact) mass is 498 g/mol. The number of likely N-dealkylation sites (tertiary alicyclic amines) is 1. The number of benzene rings is 1. The summed E-state index contributed by atoms with van der Waals surface area (Å²) in [4.78, 5) is 18.7. The van der Waals surface area contributed by atoms with Crippen LogP contribution in [0.1, 0.15) is 69.8 Å². The fourth-order valence-electron chi connectivity index (χ4n) is 6.03. The molecule has 1 saturated carbocycles. The van der Waals surface area contributed by atoms with Gasteiger partial charge in [-0.3, -0.25) is 9.78 Å². The maximum Gasteiger partial charge on any atom is 0.303 e. The van der Waals surface area contributed by atoms with E-state index in [0.717, 1.165) is 67.2 Å². The van der Waals surface area contributed by atoms with Gasteiger partial charge in [0.2, 0.25) is 0 Å². The molecule has 4 rings (SSSR count). The molecular formula is C29H42N2O3S. The molecule has 35 heavy (non-hydrogen) atoms. The van der Waals surface area contributed by atoms with Crippen LogP contribution in [0.25, 0.3) is 10.9 Å². The molecule has 5 nitrogen and oxygen atoms in total. The lowest BCUT2D eigenvalue weighted by molar-refractivity contribution is -0.139. The molecule has 1 aromatic heterocycles. The summed E-state index contributed by atoms with van der Waals surface area (Å²) in [6.45, 7) is 3.16. The summed E-state index contributed by atoms with van der Waals surface area (Å²) >= 11 is 2.16. The third kappa shape index (κ3) is 7.85. The van der Waals surface area contributed by atoms with Crippen molar-refractivity contribution in [1.82, 2.24) is 9.88 Å². The second kappa shape index (κ2) is 13.5. The lowest BCUT2D eigenvalue weighted by atomic mass is 9.80. The lowest BCUT2D eigenvalue weighted by Gasteiger charge is -2.38. The lowest BCUT2D eigenvalue weighted by Crippen LogP contribution is -2.42. The van der Waals surface area contributed by atoms with Crippen LogP contribution in [0.15, 0.2) is 30.5 Å². The van der Waals surface area contributed by atoms with Crippen molar-refractivity contribution in [3.63, 3.8) is 0 Å². The molecule has 2 heterocycles. The van der Waals surface area contributed by atoms with Crippen LogP contribution < -0.4 is 4.74 Å². The second-order valence-corrected chi connectivity index (χ2v) is 11.8. The summed E-state index contributed by atoms with van der Waals surface area (Å²) in [6, 6.07) is 8.17. The van der Waals surface area contributed by atoms with E-state index in [0.29, 0.717) is 12.3 Å². The van der Waals surface area contributed by atoms with Gasteiger partial charge >= 0.3 is 5.97 Å². The van der Waals surface area contributed by atoms with Crippen LogP contribution in [-0.4, -0.2) is 58.7 Å². The average molecular weight is 499 g/mol. The third-order valence-corrected chi connectivity index (χ3v) is 9.40. The van der Waals surface area contributed by atoms with E-state index in [1.165, 1.54) is 49.8 Å². The van der Waals surface area contributed by atoms with E-state index in [-0.39, 0.29) is 5.92 Å². The zero-order valence-electron chi connectivity index (χ0n) is 21.3. The molecular weight excluding hydrogens is 456 g/mol. The fraction of sp³-hybridized carbons (Fsp3) is 0.655. The highest BCUT2D eigenvalue weighted by Gasteiger charge is 2.30. The summed E-state index contributed by atoms with van der Waals surface area (Å²) in [5.41, 5.74) is 2.30. The third-order valence-electron chi connectivity index (χ3n) is 8.04. The molecule has 0 spiro atoms. The Morgan fingerprint density at radius 1 is 1.14 bits per heavy atom. The molecule has 0 bridgehead atoms. The minimum atomic E-state index is -0.651. The first-order chi connectivity index (χ1) is 17.1. The van der Waals surface area contributed by atoms with Crippen molar-refractivity contribution in [2.75, 3.05) is 32.5 Å². The van der Waals surface area contributed by atoms with Crippen molar-refractivity contribution in [3.8, 4) is 5.75 Å². The summed E-state index contributed by atoms with van der Waals surface area (Å²) in [5.74, 6) is 2.16. The van der Waals surface area contributed by atoms with Gasteiger partial charge in [-0.05, 0) is 86.7 Å². The van der Waals surface area contributed by atoms with Gasteiger partial charge in [0.1, 0.15) is 5.75 Å². The van der Waals surface area contributed by atoms with E-state index in [4.69, 9.17) is 4.74 Å². The minimum Gasteiger partial charge on any atom is -0.497 e. The number of methoxy groups -OCH3 is 1. The summed E-state index contributed by atoms with van der Waals surface area (Å²) < 4.78 is 5.42. The number of hydrogen-bond donors (Lipinski definition) is 1. The molecule has 1 saturated heterocycles. The van der Waals surface area contributed by atoms with Gasteiger partial charge < -0.3 is 14.7 Å². The minimum absolute atomic E-state index is 0.262. The number of carbonyl (C=O) groups is 1. The standard InChI is InChI=1S/C29H42N2O3S/c1-34-25-11-12-28-27(20-25)23(13-15-30-28)8-6-7-22-14-16-31(21-24(22)19-29(32)33)17-18-35-26-9-4-2-3-5-10-26/h11-13,15,20,22,24,26H,2-10,14,16-19,21H2,1H3,(H,32,33). The first kappa shape index (κ1) is 26.3. The van der Waals surface area contributed by atoms with Gasteiger partial charge in [0, 0.05) is 42.1 Å². The number of aryl methyl sites for hydroxylation is 1. The molecule has 6 heteroatoms. The quantitative estimate of drug-likeness (QED) is 0.360. The topological polar surface area (TPSA) is 62.7 Å². The Labute approximate surface area is 215 Å². The van der Waals surface area contributed by atoms with E-state index in [9.17, 15) is 9.90 Å². The highest BCUT2D eigenvalue weighted by atomic mass is 32.2. The SMILES string of the molecule is COc1ccc2nccc(CCCC3CCN(CCSC4CCCCCC4)CC3CC(=O)O)c2c1. The number of carboxylic acid groups (broad SMARTS) is 1. The van der Waals surface area contributed by atoms with Crippen molar-refractivity contribution in [2.45, 2.75) is 75.9 Å². The van der Waals surface area contributed by atoms with E-state index >= 15 is 0 Å². The number of piperidine rings is 1. The first-order valence-electron chi connectivity index (χ1n) is 13.6. The van der Waals surface area contributed by atoms with E-state index < -0.39 is 5.97 Å². The summed E-state index contributed by atoms with van der Waals surface area (Å²) in [7, 11) is 1.70. The van der Waals surface area contributed by atoms with Gasteiger partial charge in [-0.15, -0.1) is 0 Å². The molecule has 2 aliphatic rings. The summed E-state index contributed by atoms with van der Waals surface area (Å²) in [5, 5.41) is 11.6. The van der Waals surface area contributed by atoms with Crippen LogP contribution in [-0.2, 0) is 11.2 Å². The van der Waals surface area contributed by atoms with Gasteiger partial charge in [-0.2, -0.15) is 11.8 Å². The largest absolute Gasteiger partial charge is 0.497 e.